The van der Waals surface area contributed by atoms with E-state index < -0.39 is 10.0 Å². The Morgan fingerprint density at radius 2 is 1.67 bits per heavy atom. The number of rotatable bonds is 6. The fourth-order valence-electron chi connectivity index (χ4n) is 1.38. The van der Waals surface area contributed by atoms with Crippen LogP contribution in [0, 0.1) is 11.8 Å². The minimum atomic E-state index is -3.34. The molecule has 1 atom stereocenters. The zero-order chi connectivity index (χ0) is 13.8. The lowest BCUT2D eigenvalue weighted by molar-refractivity contribution is 0.440. The van der Waals surface area contributed by atoms with Crippen LogP contribution in [0.1, 0.15) is 20.8 Å². The summed E-state index contributed by atoms with van der Waals surface area (Å²) in [6, 6.07) is 6.79. The van der Waals surface area contributed by atoms with Crippen molar-refractivity contribution in [1.29, 1.82) is 0 Å². The monoisotopic (exact) mass is 270 g/mol. The second-order valence-corrected chi connectivity index (χ2v) is 6.72. The molecule has 0 aliphatic rings. The van der Waals surface area contributed by atoms with Crippen LogP contribution >= 0.6 is 0 Å². The normalized spacial score (nSPS) is 13.6. The molecule has 0 amide bonds. The van der Waals surface area contributed by atoms with Crippen molar-refractivity contribution in [2.24, 2.45) is 11.8 Å². The highest BCUT2D eigenvalue weighted by Crippen LogP contribution is 2.15. The zero-order valence-electron chi connectivity index (χ0n) is 11.4. The lowest BCUT2D eigenvalue weighted by Crippen LogP contribution is -2.19. The average Bonchev–Trinajstić information content (AvgIpc) is 2.36. The highest BCUT2D eigenvalue weighted by molar-refractivity contribution is 7.89. The number of sulfonamides is 1. The third-order valence-electron chi connectivity index (χ3n) is 3.20. The first-order valence-electron chi connectivity index (χ1n) is 6.14. The van der Waals surface area contributed by atoms with Crippen LogP contribution in [0.2, 0.25) is 0 Å². The second-order valence-electron chi connectivity index (χ2n) is 4.83. The Morgan fingerprint density at radius 1 is 1.11 bits per heavy atom. The van der Waals surface area contributed by atoms with E-state index in [0.717, 1.165) is 12.2 Å². The molecule has 0 heterocycles. The molecule has 4 nitrogen and oxygen atoms in total. The van der Waals surface area contributed by atoms with Gasteiger partial charge >= 0.3 is 0 Å². The first-order chi connectivity index (χ1) is 8.36. The summed E-state index contributed by atoms with van der Waals surface area (Å²) in [5, 5.41) is 3.31. The van der Waals surface area contributed by atoms with Crippen molar-refractivity contribution >= 4 is 15.7 Å². The molecule has 5 heteroatoms. The van der Waals surface area contributed by atoms with Crippen molar-refractivity contribution in [2.45, 2.75) is 25.7 Å². The van der Waals surface area contributed by atoms with Crippen LogP contribution in [-0.4, -0.2) is 22.0 Å². The first-order valence-corrected chi connectivity index (χ1v) is 7.62. The highest BCUT2D eigenvalue weighted by atomic mass is 32.2. The topological polar surface area (TPSA) is 58.2 Å². The standard InChI is InChI=1S/C13H22N2O2S/c1-10(2)11(3)9-15-12-5-7-13(8-6-12)18(16,17)14-4/h5-8,10-11,14-15H,9H2,1-4H3. The van der Waals surface area contributed by atoms with Gasteiger partial charge in [-0.05, 0) is 43.1 Å². The molecule has 1 rings (SSSR count). The van der Waals surface area contributed by atoms with Crippen LogP contribution in [0.4, 0.5) is 5.69 Å². The highest BCUT2D eigenvalue weighted by Gasteiger charge is 2.11. The number of nitrogens with one attached hydrogen (secondary N) is 2. The van der Waals surface area contributed by atoms with Gasteiger partial charge in [0.2, 0.25) is 10.0 Å². The lowest BCUT2D eigenvalue weighted by Gasteiger charge is -2.17. The number of hydrogen-bond acceptors (Lipinski definition) is 3. The molecule has 0 aliphatic carbocycles. The smallest absolute Gasteiger partial charge is 0.240 e. The minimum Gasteiger partial charge on any atom is -0.385 e. The predicted octanol–water partition coefficient (Wildman–Crippen LogP) is 2.30. The fraction of sp³-hybridized carbons (Fsp3) is 0.538. The molecule has 1 aromatic rings. The van der Waals surface area contributed by atoms with Crippen LogP contribution < -0.4 is 10.0 Å². The van der Waals surface area contributed by atoms with E-state index in [-0.39, 0.29) is 4.90 Å². The van der Waals surface area contributed by atoms with Crippen molar-refractivity contribution in [2.75, 3.05) is 18.9 Å². The Balaban J connectivity index is 2.67. The maximum atomic E-state index is 11.5. The quantitative estimate of drug-likeness (QED) is 0.834. The molecular formula is C13H22N2O2S. The van der Waals surface area contributed by atoms with Crippen molar-refractivity contribution in [3.63, 3.8) is 0 Å². The SMILES string of the molecule is CNS(=O)(=O)c1ccc(NCC(C)C(C)C)cc1. The Labute approximate surface area is 110 Å². The van der Waals surface area contributed by atoms with Crippen LogP contribution in [0.5, 0.6) is 0 Å². The van der Waals surface area contributed by atoms with E-state index in [0.29, 0.717) is 11.8 Å². The van der Waals surface area contributed by atoms with E-state index in [1.165, 1.54) is 7.05 Å². The third kappa shape index (κ3) is 3.99. The molecule has 102 valence electrons. The largest absolute Gasteiger partial charge is 0.385 e. The number of anilines is 1. The third-order valence-corrected chi connectivity index (χ3v) is 4.63. The Hall–Kier alpha value is -1.07. The predicted molar refractivity (Wildman–Crippen MR) is 75.2 cm³/mol. The zero-order valence-corrected chi connectivity index (χ0v) is 12.2. The van der Waals surface area contributed by atoms with E-state index >= 15 is 0 Å². The summed E-state index contributed by atoms with van der Waals surface area (Å²) < 4.78 is 25.4. The van der Waals surface area contributed by atoms with Gasteiger partial charge in [-0.15, -0.1) is 0 Å². The van der Waals surface area contributed by atoms with E-state index in [4.69, 9.17) is 0 Å². The molecule has 1 unspecified atom stereocenters. The summed E-state index contributed by atoms with van der Waals surface area (Å²) in [5.41, 5.74) is 0.942. The molecule has 0 aromatic heterocycles. The Bertz CT molecular complexity index is 466. The Morgan fingerprint density at radius 3 is 2.11 bits per heavy atom. The van der Waals surface area contributed by atoms with Gasteiger partial charge in [0.25, 0.3) is 0 Å². The van der Waals surface area contributed by atoms with Crippen molar-refractivity contribution in [1.82, 2.24) is 4.72 Å². The Kier molecular flexibility index (Phi) is 5.16. The molecule has 0 saturated carbocycles. The molecule has 0 fully saturated rings. The molecule has 0 bridgehead atoms. The van der Waals surface area contributed by atoms with Crippen LogP contribution in [-0.2, 0) is 10.0 Å². The molecule has 0 spiro atoms. The van der Waals surface area contributed by atoms with Crippen molar-refractivity contribution in [3.05, 3.63) is 24.3 Å². The summed E-state index contributed by atoms with van der Waals surface area (Å²) in [7, 11) is -1.93. The molecule has 1 aromatic carbocycles. The summed E-state index contributed by atoms with van der Waals surface area (Å²) in [6.07, 6.45) is 0. The van der Waals surface area contributed by atoms with Crippen molar-refractivity contribution in [3.8, 4) is 0 Å². The van der Waals surface area contributed by atoms with Crippen molar-refractivity contribution < 1.29 is 8.42 Å². The first kappa shape index (κ1) is 15.0. The molecule has 18 heavy (non-hydrogen) atoms. The van der Waals surface area contributed by atoms with Gasteiger partial charge in [0.15, 0.2) is 0 Å². The number of hydrogen-bond donors (Lipinski definition) is 2. The summed E-state index contributed by atoms with van der Waals surface area (Å²) in [5.74, 6) is 1.20. The van der Waals surface area contributed by atoms with Crippen LogP contribution in [0.25, 0.3) is 0 Å². The van der Waals surface area contributed by atoms with Gasteiger partial charge in [0.1, 0.15) is 0 Å². The summed E-state index contributed by atoms with van der Waals surface area (Å²) in [4.78, 5) is 0.285. The van der Waals surface area contributed by atoms with E-state index in [1.54, 1.807) is 24.3 Å². The van der Waals surface area contributed by atoms with E-state index in [9.17, 15) is 8.42 Å². The molecule has 2 N–H and O–H groups in total. The minimum absolute atomic E-state index is 0.285. The van der Waals surface area contributed by atoms with Gasteiger partial charge in [0.05, 0.1) is 4.90 Å². The molecule has 0 saturated heterocycles. The number of benzene rings is 1. The van der Waals surface area contributed by atoms with Gasteiger partial charge in [-0.1, -0.05) is 20.8 Å². The average molecular weight is 270 g/mol. The molecular weight excluding hydrogens is 248 g/mol. The van der Waals surface area contributed by atoms with Gasteiger partial charge in [-0.2, -0.15) is 0 Å². The van der Waals surface area contributed by atoms with E-state index in [1.807, 2.05) is 0 Å². The van der Waals surface area contributed by atoms with Crippen LogP contribution in [0.3, 0.4) is 0 Å². The fourth-order valence-corrected chi connectivity index (χ4v) is 2.11. The summed E-state index contributed by atoms with van der Waals surface area (Å²) in [6.45, 7) is 7.46. The van der Waals surface area contributed by atoms with Gasteiger partial charge in [-0.25, -0.2) is 13.1 Å². The molecule has 0 aliphatic heterocycles. The maximum Gasteiger partial charge on any atom is 0.240 e. The van der Waals surface area contributed by atoms with Crippen LogP contribution in [0.15, 0.2) is 29.2 Å². The maximum absolute atomic E-state index is 11.5. The van der Waals surface area contributed by atoms with Gasteiger partial charge < -0.3 is 5.32 Å². The van der Waals surface area contributed by atoms with Gasteiger partial charge in [-0.3, -0.25) is 0 Å². The lowest BCUT2D eigenvalue weighted by atomic mass is 9.98. The summed E-state index contributed by atoms with van der Waals surface area (Å²) >= 11 is 0. The van der Waals surface area contributed by atoms with Gasteiger partial charge in [0, 0.05) is 12.2 Å². The molecule has 0 radical (unpaired) electrons. The van der Waals surface area contributed by atoms with E-state index in [2.05, 4.69) is 30.8 Å². The second kappa shape index (κ2) is 6.20.